The van der Waals surface area contributed by atoms with Crippen LogP contribution in [0.15, 0.2) is 18.2 Å². The predicted octanol–water partition coefficient (Wildman–Crippen LogP) is 2.18. The minimum absolute atomic E-state index is 0.0288. The fourth-order valence-corrected chi connectivity index (χ4v) is 2.59. The zero-order valence-electron chi connectivity index (χ0n) is 10.4. The van der Waals surface area contributed by atoms with Gasteiger partial charge < -0.3 is 10.4 Å². The van der Waals surface area contributed by atoms with E-state index in [0.717, 1.165) is 25.7 Å². The number of rotatable bonds is 4. The van der Waals surface area contributed by atoms with E-state index in [2.05, 4.69) is 5.32 Å². The summed E-state index contributed by atoms with van der Waals surface area (Å²) in [6.07, 6.45) is 3.52. The number of nitro groups is 1. The number of nitro benzene ring substituents is 1. The molecule has 1 aromatic carbocycles. The molecule has 1 aromatic rings. The molecule has 1 aliphatic rings. The fraction of sp³-hybridized carbons (Fsp3) is 0.462. The van der Waals surface area contributed by atoms with Crippen molar-refractivity contribution < 1.29 is 10.0 Å². The summed E-state index contributed by atoms with van der Waals surface area (Å²) in [5, 5.41) is 32.7. The van der Waals surface area contributed by atoms with E-state index in [9.17, 15) is 15.2 Å². The summed E-state index contributed by atoms with van der Waals surface area (Å²) >= 11 is 0. The SMILES string of the molecule is N#Cc1cccc(NC2(CO)CCCC2)c1[N+](=O)[O-]. The minimum Gasteiger partial charge on any atom is -0.394 e. The van der Waals surface area contributed by atoms with E-state index >= 15 is 0 Å². The molecular weight excluding hydrogens is 246 g/mol. The van der Waals surface area contributed by atoms with Crippen molar-refractivity contribution in [1.82, 2.24) is 0 Å². The molecule has 0 unspecified atom stereocenters. The highest BCUT2D eigenvalue weighted by atomic mass is 16.6. The van der Waals surface area contributed by atoms with Crippen LogP contribution in [-0.4, -0.2) is 22.2 Å². The van der Waals surface area contributed by atoms with E-state index in [-0.39, 0.29) is 17.9 Å². The van der Waals surface area contributed by atoms with Gasteiger partial charge in [-0.15, -0.1) is 0 Å². The second-order valence-electron chi connectivity index (χ2n) is 4.84. The van der Waals surface area contributed by atoms with Crippen LogP contribution in [-0.2, 0) is 0 Å². The number of nitrogens with zero attached hydrogens (tertiary/aromatic N) is 2. The fourth-order valence-electron chi connectivity index (χ4n) is 2.59. The van der Waals surface area contributed by atoms with Crippen LogP contribution in [0.5, 0.6) is 0 Å². The van der Waals surface area contributed by atoms with Crippen LogP contribution in [0, 0.1) is 21.4 Å². The van der Waals surface area contributed by atoms with Crippen molar-refractivity contribution in [3.8, 4) is 6.07 Å². The van der Waals surface area contributed by atoms with Crippen molar-refractivity contribution in [3.63, 3.8) is 0 Å². The number of anilines is 1. The van der Waals surface area contributed by atoms with Gasteiger partial charge in [0.05, 0.1) is 17.1 Å². The van der Waals surface area contributed by atoms with Gasteiger partial charge in [-0.2, -0.15) is 5.26 Å². The Balaban J connectivity index is 2.40. The van der Waals surface area contributed by atoms with E-state index in [4.69, 9.17) is 5.26 Å². The molecule has 19 heavy (non-hydrogen) atoms. The Labute approximate surface area is 110 Å². The van der Waals surface area contributed by atoms with Gasteiger partial charge in [0.25, 0.3) is 0 Å². The van der Waals surface area contributed by atoms with Crippen molar-refractivity contribution in [1.29, 1.82) is 5.26 Å². The number of nitrogens with one attached hydrogen (secondary N) is 1. The molecule has 0 aromatic heterocycles. The van der Waals surface area contributed by atoms with E-state index in [1.54, 1.807) is 12.1 Å². The Bertz CT molecular complexity index is 530. The Kier molecular flexibility index (Phi) is 3.67. The molecular formula is C13H15N3O3. The smallest absolute Gasteiger partial charge is 0.309 e. The Morgan fingerprint density at radius 2 is 2.16 bits per heavy atom. The van der Waals surface area contributed by atoms with Crippen LogP contribution in [0.25, 0.3) is 0 Å². The van der Waals surface area contributed by atoms with Crippen molar-refractivity contribution in [2.24, 2.45) is 0 Å². The van der Waals surface area contributed by atoms with Crippen molar-refractivity contribution in [2.45, 2.75) is 31.2 Å². The highest BCUT2D eigenvalue weighted by Crippen LogP contribution is 2.36. The predicted molar refractivity (Wildman–Crippen MR) is 69.7 cm³/mol. The van der Waals surface area contributed by atoms with E-state index in [1.165, 1.54) is 6.07 Å². The zero-order valence-corrected chi connectivity index (χ0v) is 10.4. The highest BCUT2D eigenvalue weighted by molar-refractivity contribution is 5.69. The molecule has 2 N–H and O–H groups in total. The van der Waals surface area contributed by atoms with Crippen molar-refractivity contribution in [3.05, 3.63) is 33.9 Å². The third kappa shape index (κ3) is 2.51. The van der Waals surface area contributed by atoms with Gasteiger partial charge in [-0.05, 0) is 25.0 Å². The first-order chi connectivity index (χ1) is 9.12. The maximum atomic E-state index is 11.1. The van der Waals surface area contributed by atoms with Crippen LogP contribution < -0.4 is 5.32 Å². The lowest BCUT2D eigenvalue weighted by atomic mass is 9.98. The molecule has 100 valence electrons. The molecule has 0 spiro atoms. The van der Waals surface area contributed by atoms with Gasteiger partial charge in [-0.25, -0.2) is 0 Å². The summed E-state index contributed by atoms with van der Waals surface area (Å²) in [6.45, 7) is -0.0685. The monoisotopic (exact) mass is 261 g/mol. The number of aliphatic hydroxyl groups is 1. The summed E-state index contributed by atoms with van der Waals surface area (Å²) < 4.78 is 0. The number of aliphatic hydroxyl groups excluding tert-OH is 1. The third-order valence-corrected chi connectivity index (χ3v) is 3.60. The molecule has 0 atom stereocenters. The molecule has 1 fully saturated rings. The Morgan fingerprint density at radius 1 is 1.47 bits per heavy atom. The van der Waals surface area contributed by atoms with Gasteiger partial charge in [-0.3, -0.25) is 10.1 Å². The van der Waals surface area contributed by atoms with Gasteiger partial charge >= 0.3 is 5.69 Å². The molecule has 0 bridgehead atoms. The van der Waals surface area contributed by atoms with Crippen LogP contribution in [0.4, 0.5) is 11.4 Å². The standard InChI is InChI=1S/C13H15N3O3/c14-8-10-4-3-5-11(12(10)16(18)19)15-13(9-17)6-1-2-7-13/h3-5,15,17H,1-2,6-7,9H2. The number of benzene rings is 1. The van der Waals surface area contributed by atoms with Gasteiger partial charge in [0.15, 0.2) is 0 Å². The van der Waals surface area contributed by atoms with Crippen LogP contribution in [0.1, 0.15) is 31.2 Å². The summed E-state index contributed by atoms with van der Waals surface area (Å²) in [6, 6.07) is 6.43. The third-order valence-electron chi connectivity index (χ3n) is 3.60. The number of nitriles is 1. The van der Waals surface area contributed by atoms with Gasteiger partial charge in [0, 0.05) is 0 Å². The van der Waals surface area contributed by atoms with Crippen molar-refractivity contribution >= 4 is 11.4 Å². The molecule has 1 saturated carbocycles. The summed E-state index contributed by atoms with van der Waals surface area (Å²) in [7, 11) is 0. The molecule has 0 aliphatic heterocycles. The summed E-state index contributed by atoms with van der Waals surface area (Å²) in [4.78, 5) is 10.6. The second kappa shape index (κ2) is 5.24. The molecule has 0 amide bonds. The largest absolute Gasteiger partial charge is 0.394 e. The van der Waals surface area contributed by atoms with E-state index in [1.807, 2.05) is 6.07 Å². The quantitative estimate of drug-likeness (QED) is 0.639. The lowest BCUT2D eigenvalue weighted by molar-refractivity contribution is -0.384. The minimum atomic E-state index is -0.555. The second-order valence-corrected chi connectivity index (χ2v) is 4.84. The summed E-state index contributed by atoms with van der Waals surface area (Å²) in [5.41, 5.74) is -0.385. The highest BCUT2D eigenvalue weighted by Gasteiger charge is 2.35. The molecule has 0 saturated heterocycles. The van der Waals surface area contributed by atoms with E-state index in [0.29, 0.717) is 5.69 Å². The molecule has 1 aliphatic carbocycles. The molecule has 0 heterocycles. The maximum absolute atomic E-state index is 11.1. The first-order valence-electron chi connectivity index (χ1n) is 6.18. The number of hydrogen-bond acceptors (Lipinski definition) is 5. The zero-order chi connectivity index (χ0) is 13.9. The first-order valence-corrected chi connectivity index (χ1v) is 6.18. The molecule has 6 nitrogen and oxygen atoms in total. The Morgan fingerprint density at radius 3 is 2.68 bits per heavy atom. The normalized spacial score (nSPS) is 16.8. The van der Waals surface area contributed by atoms with Crippen molar-refractivity contribution in [2.75, 3.05) is 11.9 Å². The lowest BCUT2D eigenvalue weighted by Gasteiger charge is -2.29. The van der Waals surface area contributed by atoms with Crippen LogP contribution >= 0.6 is 0 Å². The van der Waals surface area contributed by atoms with E-state index < -0.39 is 10.5 Å². The average molecular weight is 261 g/mol. The molecule has 0 radical (unpaired) electrons. The Hall–Kier alpha value is -2.13. The van der Waals surface area contributed by atoms with Gasteiger partial charge in [0.1, 0.15) is 17.3 Å². The first kappa shape index (κ1) is 13.3. The van der Waals surface area contributed by atoms with Crippen LogP contribution in [0.2, 0.25) is 0 Å². The summed E-state index contributed by atoms with van der Waals surface area (Å²) in [5.74, 6) is 0. The van der Waals surface area contributed by atoms with Crippen LogP contribution in [0.3, 0.4) is 0 Å². The number of para-hydroxylation sites is 1. The maximum Gasteiger partial charge on any atom is 0.309 e. The van der Waals surface area contributed by atoms with Gasteiger partial charge in [0.2, 0.25) is 0 Å². The number of hydrogen-bond donors (Lipinski definition) is 2. The molecule has 6 heteroatoms. The molecule has 2 rings (SSSR count). The van der Waals surface area contributed by atoms with Gasteiger partial charge in [-0.1, -0.05) is 18.9 Å². The average Bonchev–Trinajstić information content (AvgIpc) is 2.87. The lowest BCUT2D eigenvalue weighted by Crippen LogP contribution is -2.39. The topological polar surface area (TPSA) is 99.2 Å².